The van der Waals surface area contributed by atoms with Gasteiger partial charge in [0, 0.05) is 0 Å². The number of benzene rings is 1. The third-order valence-corrected chi connectivity index (χ3v) is 1.25. The molecule has 4 heteroatoms. The third-order valence-electron chi connectivity index (χ3n) is 1.25. The van der Waals surface area contributed by atoms with Gasteiger partial charge in [0.15, 0.2) is 11.5 Å². The highest BCUT2D eigenvalue weighted by atomic mass is 16.4. The predicted octanol–water partition coefficient (Wildman–Crippen LogP) is 1.82. The van der Waals surface area contributed by atoms with E-state index >= 15 is 0 Å². The van der Waals surface area contributed by atoms with Gasteiger partial charge >= 0.3 is 5.97 Å². The fraction of sp³-hybridized carbons (Fsp3) is 0.222. The molecule has 0 fully saturated rings. The first kappa shape index (κ1) is 11.3. The molecule has 3 N–H and O–H groups in total. The number of carboxylic acid groups (broad SMARTS) is 1. The first-order chi connectivity index (χ1) is 6.13. The molecular weight excluding hydrogens is 172 g/mol. The lowest BCUT2D eigenvalue weighted by atomic mass is 10.2. The molecule has 1 rings (SSSR count). The lowest BCUT2D eigenvalue weighted by Gasteiger charge is -1.99. The van der Waals surface area contributed by atoms with Crippen molar-refractivity contribution in [1.29, 1.82) is 0 Å². The van der Waals surface area contributed by atoms with E-state index in [-0.39, 0.29) is 5.56 Å². The minimum absolute atomic E-state index is 0.301. The minimum atomic E-state index is -1.27. The van der Waals surface area contributed by atoms with E-state index in [9.17, 15) is 4.79 Å². The van der Waals surface area contributed by atoms with E-state index in [1.54, 1.807) is 0 Å². The van der Waals surface area contributed by atoms with Crippen molar-refractivity contribution in [2.75, 3.05) is 0 Å². The smallest absolute Gasteiger partial charge is 0.339 e. The molecule has 0 amide bonds. The molecule has 4 nitrogen and oxygen atoms in total. The number of phenolic OH excluding ortho intramolecular Hbond substituents is 1. The lowest BCUT2D eigenvalue weighted by Crippen LogP contribution is -1.95. The van der Waals surface area contributed by atoms with Gasteiger partial charge in [0.05, 0.1) is 0 Å². The van der Waals surface area contributed by atoms with Gasteiger partial charge < -0.3 is 15.3 Å². The maximum Gasteiger partial charge on any atom is 0.339 e. The van der Waals surface area contributed by atoms with Crippen LogP contribution in [0.2, 0.25) is 0 Å². The number of hydrogen-bond donors (Lipinski definition) is 3. The second-order valence-electron chi connectivity index (χ2n) is 1.98. The highest BCUT2D eigenvalue weighted by Gasteiger charge is 2.11. The summed E-state index contributed by atoms with van der Waals surface area (Å²) in [6.07, 6.45) is 0. The molecule has 0 spiro atoms. The third kappa shape index (κ3) is 2.66. The molecule has 0 saturated heterocycles. The van der Waals surface area contributed by atoms with E-state index in [4.69, 9.17) is 15.3 Å². The molecule has 1 aromatic carbocycles. The summed E-state index contributed by atoms with van der Waals surface area (Å²) in [5.74, 6) is -2.29. The number of carbonyl (C=O) groups is 1. The summed E-state index contributed by atoms with van der Waals surface area (Å²) in [7, 11) is 0. The van der Waals surface area contributed by atoms with E-state index in [2.05, 4.69) is 0 Å². The Hall–Kier alpha value is -1.71. The topological polar surface area (TPSA) is 77.8 Å². The average Bonchev–Trinajstić information content (AvgIpc) is 2.13. The van der Waals surface area contributed by atoms with Crippen molar-refractivity contribution in [2.24, 2.45) is 0 Å². The second-order valence-corrected chi connectivity index (χ2v) is 1.98. The standard InChI is InChI=1S/C7H6O4.C2H6/c8-5-3-1-2-4(6(5)9)7(10)11;1-2/h1-3,8-9H,(H,10,11);1-2H3. The van der Waals surface area contributed by atoms with Crippen molar-refractivity contribution in [2.45, 2.75) is 13.8 Å². The van der Waals surface area contributed by atoms with Crippen LogP contribution >= 0.6 is 0 Å². The molecule has 0 unspecified atom stereocenters. The highest BCUT2D eigenvalue weighted by Crippen LogP contribution is 2.27. The SMILES string of the molecule is CC.O=C(O)c1cccc(O)c1O. The molecule has 0 aliphatic carbocycles. The van der Waals surface area contributed by atoms with Crippen molar-refractivity contribution >= 4 is 5.97 Å². The number of rotatable bonds is 1. The van der Waals surface area contributed by atoms with Gasteiger partial charge in [-0.3, -0.25) is 0 Å². The summed E-state index contributed by atoms with van der Waals surface area (Å²) in [6.45, 7) is 4.00. The zero-order valence-corrected chi connectivity index (χ0v) is 7.48. The lowest BCUT2D eigenvalue weighted by molar-refractivity contribution is 0.0693. The first-order valence-electron chi connectivity index (χ1n) is 3.87. The fourth-order valence-electron chi connectivity index (χ4n) is 0.704. The van der Waals surface area contributed by atoms with E-state index in [0.717, 1.165) is 0 Å². The van der Waals surface area contributed by atoms with Gasteiger partial charge in [-0.15, -0.1) is 0 Å². The molecule has 1 aromatic rings. The molecule has 0 aliphatic heterocycles. The zero-order chi connectivity index (χ0) is 10.4. The van der Waals surface area contributed by atoms with Crippen molar-refractivity contribution < 1.29 is 20.1 Å². The molecule has 72 valence electrons. The summed E-state index contributed by atoms with van der Waals surface area (Å²) in [5.41, 5.74) is -0.301. The van der Waals surface area contributed by atoms with Crippen molar-refractivity contribution in [3.05, 3.63) is 23.8 Å². The van der Waals surface area contributed by atoms with Crippen molar-refractivity contribution in [3.8, 4) is 11.5 Å². The number of phenols is 2. The maximum atomic E-state index is 10.3. The van der Waals surface area contributed by atoms with E-state index in [1.165, 1.54) is 18.2 Å². The van der Waals surface area contributed by atoms with Gasteiger partial charge in [-0.05, 0) is 12.1 Å². The fourth-order valence-corrected chi connectivity index (χ4v) is 0.704. The Morgan fingerprint density at radius 1 is 1.23 bits per heavy atom. The summed E-state index contributed by atoms with van der Waals surface area (Å²) in [5, 5.41) is 26.2. The zero-order valence-electron chi connectivity index (χ0n) is 7.48. The maximum absolute atomic E-state index is 10.3. The molecule has 13 heavy (non-hydrogen) atoms. The van der Waals surface area contributed by atoms with Gasteiger partial charge in [-0.25, -0.2) is 4.79 Å². The van der Waals surface area contributed by atoms with Crippen LogP contribution in [0.15, 0.2) is 18.2 Å². The van der Waals surface area contributed by atoms with Crippen LogP contribution < -0.4 is 0 Å². The van der Waals surface area contributed by atoms with Crippen molar-refractivity contribution in [3.63, 3.8) is 0 Å². The van der Waals surface area contributed by atoms with Crippen LogP contribution in [0.4, 0.5) is 0 Å². The Morgan fingerprint density at radius 2 is 1.77 bits per heavy atom. The van der Waals surface area contributed by atoms with Crippen LogP contribution in [0.3, 0.4) is 0 Å². The van der Waals surface area contributed by atoms with Gasteiger partial charge in [0.25, 0.3) is 0 Å². The minimum Gasteiger partial charge on any atom is -0.504 e. The highest BCUT2D eigenvalue weighted by molar-refractivity contribution is 5.91. The van der Waals surface area contributed by atoms with Gasteiger partial charge in [0.2, 0.25) is 0 Å². The van der Waals surface area contributed by atoms with Crippen LogP contribution in [0.5, 0.6) is 11.5 Å². The van der Waals surface area contributed by atoms with Gasteiger partial charge in [0.1, 0.15) is 5.56 Å². The van der Waals surface area contributed by atoms with Crippen LogP contribution in [0.25, 0.3) is 0 Å². The Bertz CT molecular complexity index is 294. The molecule has 0 bridgehead atoms. The van der Waals surface area contributed by atoms with Gasteiger partial charge in [-0.2, -0.15) is 0 Å². The normalized spacial score (nSPS) is 8.46. The van der Waals surface area contributed by atoms with E-state index < -0.39 is 17.5 Å². The Labute approximate surface area is 76.1 Å². The number of hydrogen-bond acceptors (Lipinski definition) is 3. The quantitative estimate of drug-likeness (QED) is 0.582. The van der Waals surface area contributed by atoms with E-state index in [1.807, 2.05) is 13.8 Å². The predicted molar refractivity (Wildman–Crippen MR) is 48.1 cm³/mol. The molecule has 0 aliphatic rings. The molecular formula is C9H12O4. The Kier molecular flexibility index (Phi) is 4.37. The van der Waals surface area contributed by atoms with Crippen LogP contribution in [0.1, 0.15) is 24.2 Å². The molecule has 0 saturated carbocycles. The molecule has 0 aromatic heterocycles. The summed E-state index contributed by atoms with van der Waals surface area (Å²) < 4.78 is 0. The number of aromatic hydroxyl groups is 2. The van der Waals surface area contributed by atoms with E-state index in [0.29, 0.717) is 0 Å². The van der Waals surface area contributed by atoms with Crippen LogP contribution in [-0.4, -0.2) is 21.3 Å². The summed E-state index contributed by atoms with van der Waals surface area (Å²) in [6, 6.07) is 3.76. The largest absolute Gasteiger partial charge is 0.504 e. The monoisotopic (exact) mass is 184 g/mol. The average molecular weight is 184 g/mol. The Morgan fingerprint density at radius 3 is 2.15 bits per heavy atom. The Balaban J connectivity index is 0.000000671. The molecule has 0 radical (unpaired) electrons. The first-order valence-corrected chi connectivity index (χ1v) is 3.87. The molecule has 0 atom stereocenters. The number of carboxylic acids is 1. The van der Waals surface area contributed by atoms with Crippen LogP contribution in [0, 0.1) is 0 Å². The summed E-state index contributed by atoms with van der Waals surface area (Å²) >= 11 is 0. The van der Waals surface area contributed by atoms with Crippen LogP contribution in [-0.2, 0) is 0 Å². The summed E-state index contributed by atoms with van der Waals surface area (Å²) in [4.78, 5) is 10.3. The van der Waals surface area contributed by atoms with Gasteiger partial charge in [-0.1, -0.05) is 19.9 Å². The van der Waals surface area contributed by atoms with Crippen molar-refractivity contribution in [1.82, 2.24) is 0 Å². The number of aromatic carboxylic acids is 1. The number of para-hydroxylation sites is 1. The molecule has 0 heterocycles. The second kappa shape index (κ2) is 5.03.